The number of carbonyl (C=O) groups excluding carboxylic acids is 2. The van der Waals surface area contributed by atoms with Crippen molar-refractivity contribution in [2.24, 2.45) is 0 Å². The fourth-order valence-electron chi connectivity index (χ4n) is 2.71. The van der Waals surface area contributed by atoms with Crippen LogP contribution in [0.2, 0.25) is 0 Å². The van der Waals surface area contributed by atoms with Crippen LogP contribution in [0, 0.1) is 25.5 Å². The highest BCUT2D eigenvalue weighted by Gasteiger charge is 2.21. The predicted octanol–water partition coefficient (Wildman–Crippen LogP) is 3.56. The van der Waals surface area contributed by atoms with Gasteiger partial charge in [-0.15, -0.1) is 0 Å². The van der Waals surface area contributed by atoms with Crippen LogP contribution in [-0.4, -0.2) is 28.3 Å². The van der Waals surface area contributed by atoms with Crippen molar-refractivity contribution in [2.75, 3.05) is 11.9 Å². The summed E-state index contributed by atoms with van der Waals surface area (Å²) in [4.78, 5) is 24.3. The average Bonchev–Trinajstić information content (AvgIpc) is 2.96. The van der Waals surface area contributed by atoms with Crippen LogP contribution in [-0.2, 0) is 9.53 Å². The third kappa shape index (κ3) is 4.22. The van der Waals surface area contributed by atoms with Crippen molar-refractivity contribution in [1.29, 1.82) is 0 Å². The van der Waals surface area contributed by atoms with Crippen molar-refractivity contribution >= 4 is 17.6 Å². The molecule has 0 aliphatic rings. The van der Waals surface area contributed by atoms with Crippen LogP contribution in [0.5, 0.6) is 0 Å². The van der Waals surface area contributed by atoms with Gasteiger partial charge in [0.2, 0.25) is 0 Å². The number of esters is 1. The van der Waals surface area contributed by atoms with Gasteiger partial charge in [-0.25, -0.2) is 18.3 Å². The number of aryl methyl sites for hydroxylation is 1. The second kappa shape index (κ2) is 7.99. The predicted molar refractivity (Wildman–Crippen MR) is 98.3 cm³/mol. The Morgan fingerprint density at radius 2 is 1.57 bits per heavy atom. The number of nitrogens with zero attached hydrogens (tertiary/aromatic N) is 2. The number of nitrogens with one attached hydrogen (secondary N) is 1. The standard InChI is InChI=1S/C20H17F2N3O3/c1-12-19(13(2)25(24-12)17-9-5-15(22)6-10-17)20(27)28-11-18(26)23-16-7-3-14(21)4-8-16/h3-10H,11H2,1-2H3,(H,23,26). The van der Waals surface area contributed by atoms with Crippen molar-refractivity contribution < 1.29 is 23.1 Å². The van der Waals surface area contributed by atoms with E-state index >= 15 is 0 Å². The Bertz CT molecular complexity index is 1010. The van der Waals surface area contributed by atoms with Gasteiger partial charge in [0, 0.05) is 5.69 Å². The van der Waals surface area contributed by atoms with Gasteiger partial charge in [0.1, 0.15) is 17.2 Å². The van der Waals surface area contributed by atoms with Crippen molar-refractivity contribution in [1.82, 2.24) is 9.78 Å². The molecule has 0 spiro atoms. The molecule has 0 aliphatic carbocycles. The Labute approximate surface area is 159 Å². The van der Waals surface area contributed by atoms with E-state index in [1.54, 1.807) is 26.0 Å². The van der Waals surface area contributed by atoms with E-state index in [0.717, 1.165) is 0 Å². The van der Waals surface area contributed by atoms with Crippen LogP contribution in [0.15, 0.2) is 48.5 Å². The largest absolute Gasteiger partial charge is 0.452 e. The van der Waals surface area contributed by atoms with Crippen LogP contribution in [0.25, 0.3) is 5.69 Å². The smallest absolute Gasteiger partial charge is 0.342 e. The highest BCUT2D eigenvalue weighted by molar-refractivity contribution is 5.96. The Balaban J connectivity index is 1.68. The molecule has 0 radical (unpaired) electrons. The second-order valence-corrected chi connectivity index (χ2v) is 6.07. The molecule has 1 amide bonds. The highest BCUT2D eigenvalue weighted by Crippen LogP contribution is 2.19. The topological polar surface area (TPSA) is 73.2 Å². The summed E-state index contributed by atoms with van der Waals surface area (Å²) < 4.78 is 32.6. The fraction of sp³-hybridized carbons (Fsp3) is 0.150. The summed E-state index contributed by atoms with van der Waals surface area (Å²) in [5, 5.41) is 6.79. The Morgan fingerprint density at radius 3 is 2.18 bits per heavy atom. The van der Waals surface area contributed by atoms with Crippen LogP contribution < -0.4 is 5.32 Å². The molecule has 2 aromatic carbocycles. The summed E-state index contributed by atoms with van der Waals surface area (Å²) in [6.45, 7) is 2.82. The third-order valence-electron chi connectivity index (χ3n) is 4.03. The first kappa shape index (κ1) is 19.2. The van der Waals surface area contributed by atoms with Gasteiger partial charge in [0.25, 0.3) is 5.91 Å². The SMILES string of the molecule is Cc1nn(-c2ccc(F)cc2)c(C)c1C(=O)OCC(=O)Nc1ccc(F)cc1. The van der Waals surface area contributed by atoms with Crippen LogP contribution in [0.4, 0.5) is 14.5 Å². The molecular weight excluding hydrogens is 368 g/mol. The molecule has 1 N–H and O–H groups in total. The molecule has 0 atom stereocenters. The minimum Gasteiger partial charge on any atom is -0.452 e. The minimum atomic E-state index is -0.697. The molecule has 0 fully saturated rings. The van der Waals surface area contributed by atoms with E-state index in [4.69, 9.17) is 4.74 Å². The third-order valence-corrected chi connectivity index (χ3v) is 4.03. The first-order valence-electron chi connectivity index (χ1n) is 8.40. The number of hydrogen-bond donors (Lipinski definition) is 1. The summed E-state index contributed by atoms with van der Waals surface area (Å²) >= 11 is 0. The zero-order valence-corrected chi connectivity index (χ0v) is 15.2. The minimum absolute atomic E-state index is 0.235. The summed E-state index contributed by atoms with van der Waals surface area (Å²) in [6, 6.07) is 10.9. The number of amides is 1. The molecule has 0 saturated heterocycles. The van der Waals surface area contributed by atoms with E-state index in [2.05, 4.69) is 10.4 Å². The molecule has 1 heterocycles. The maximum atomic E-state index is 13.1. The molecule has 0 aliphatic heterocycles. The number of aromatic nitrogens is 2. The molecule has 3 rings (SSSR count). The molecule has 6 nitrogen and oxygen atoms in total. The van der Waals surface area contributed by atoms with E-state index < -0.39 is 24.3 Å². The number of hydrogen-bond acceptors (Lipinski definition) is 4. The van der Waals surface area contributed by atoms with E-state index in [1.807, 2.05) is 0 Å². The van der Waals surface area contributed by atoms with E-state index in [-0.39, 0.29) is 11.4 Å². The van der Waals surface area contributed by atoms with Crippen LogP contribution in [0.3, 0.4) is 0 Å². The molecule has 0 saturated carbocycles. The zero-order valence-electron chi connectivity index (χ0n) is 15.2. The maximum absolute atomic E-state index is 13.1. The Morgan fingerprint density at radius 1 is 1.00 bits per heavy atom. The molecule has 144 valence electrons. The van der Waals surface area contributed by atoms with Gasteiger partial charge < -0.3 is 10.1 Å². The maximum Gasteiger partial charge on any atom is 0.342 e. The normalized spacial score (nSPS) is 10.6. The van der Waals surface area contributed by atoms with Gasteiger partial charge in [-0.05, 0) is 62.4 Å². The molecule has 0 bridgehead atoms. The first-order valence-corrected chi connectivity index (χ1v) is 8.40. The molecule has 1 aromatic heterocycles. The monoisotopic (exact) mass is 385 g/mol. The van der Waals surface area contributed by atoms with E-state index in [9.17, 15) is 18.4 Å². The number of halogens is 2. The van der Waals surface area contributed by atoms with Gasteiger partial charge in [-0.2, -0.15) is 5.10 Å². The first-order chi connectivity index (χ1) is 13.3. The number of anilines is 1. The summed E-state index contributed by atoms with van der Waals surface area (Å²) in [5.74, 6) is -2.05. The van der Waals surface area contributed by atoms with Gasteiger partial charge >= 0.3 is 5.97 Å². The lowest BCUT2D eigenvalue weighted by Crippen LogP contribution is -2.21. The number of rotatable bonds is 5. The lowest BCUT2D eigenvalue weighted by Gasteiger charge is -2.07. The molecular formula is C20H17F2N3O3. The van der Waals surface area contributed by atoms with E-state index in [0.29, 0.717) is 22.8 Å². The van der Waals surface area contributed by atoms with Crippen LogP contribution >= 0.6 is 0 Å². The lowest BCUT2D eigenvalue weighted by molar-refractivity contribution is -0.119. The summed E-state index contributed by atoms with van der Waals surface area (Å²) in [6.07, 6.45) is 0. The molecule has 8 heteroatoms. The molecule has 28 heavy (non-hydrogen) atoms. The summed E-state index contributed by atoms with van der Waals surface area (Å²) in [5.41, 5.74) is 2.15. The number of carbonyl (C=O) groups is 2. The van der Waals surface area contributed by atoms with Crippen molar-refractivity contribution in [3.8, 4) is 5.69 Å². The van der Waals surface area contributed by atoms with Gasteiger partial charge in [0.15, 0.2) is 6.61 Å². The average molecular weight is 385 g/mol. The van der Waals surface area contributed by atoms with Gasteiger partial charge in [-0.1, -0.05) is 0 Å². The summed E-state index contributed by atoms with van der Waals surface area (Å²) in [7, 11) is 0. The van der Waals surface area contributed by atoms with Crippen LogP contribution in [0.1, 0.15) is 21.7 Å². The fourth-order valence-corrected chi connectivity index (χ4v) is 2.71. The quantitative estimate of drug-likeness (QED) is 0.682. The second-order valence-electron chi connectivity index (χ2n) is 6.07. The van der Waals surface area contributed by atoms with Crippen molar-refractivity contribution in [3.63, 3.8) is 0 Å². The molecule has 0 unspecified atom stereocenters. The number of benzene rings is 2. The Hall–Kier alpha value is -3.55. The molecule has 3 aromatic rings. The van der Waals surface area contributed by atoms with Crippen molar-refractivity contribution in [3.05, 3.63) is 77.1 Å². The Kier molecular flexibility index (Phi) is 5.49. The van der Waals surface area contributed by atoms with Gasteiger partial charge in [0.05, 0.1) is 17.1 Å². The van der Waals surface area contributed by atoms with Crippen molar-refractivity contribution in [2.45, 2.75) is 13.8 Å². The van der Waals surface area contributed by atoms with E-state index in [1.165, 1.54) is 41.1 Å². The van der Waals surface area contributed by atoms with Gasteiger partial charge in [-0.3, -0.25) is 4.79 Å². The lowest BCUT2D eigenvalue weighted by atomic mass is 10.2. The zero-order chi connectivity index (χ0) is 20.3. The highest BCUT2D eigenvalue weighted by atomic mass is 19.1. The number of ether oxygens (including phenoxy) is 1.